The number of ether oxygens (including phenoxy) is 1. The van der Waals surface area contributed by atoms with Crippen molar-refractivity contribution in [2.45, 2.75) is 0 Å². The van der Waals surface area contributed by atoms with Crippen LogP contribution in [0.5, 0.6) is 0 Å². The molecule has 2 heterocycles. The van der Waals surface area contributed by atoms with Gasteiger partial charge in [-0.3, -0.25) is 14.6 Å². The fourth-order valence-electron chi connectivity index (χ4n) is 3.90. The van der Waals surface area contributed by atoms with Gasteiger partial charge in [0.05, 0.1) is 36.2 Å². The Kier molecular flexibility index (Phi) is 7.12. The third-order valence-electron chi connectivity index (χ3n) is 5.75. The number of benzene rings is 2. The van der Waals surface area contributed by atoms with Crippen molar-refractivity contribution in [3.8, 4) is 0 Å². The van der Waals surface area contributed by atoms with Gasteiger partial charge in [0.25, 0.3) is 5.91 Å². The Morgan fingerprint density at radius 2 is 1.67 bits per heavy atom. The Morgan fingerprint density at radius 1 is 0.972 bits per heavy atom. The minimum Gasteiger partial charge on any atom is -0.465 e. The van der Waals surface area contributed by atoms with Crippen molar-refractivity contribution in [1.29, 1.82) is 0 Å². The molecule has 0 spiro atoms. The Morgan fingerprint density at radius 3 is 2.31 bits per heavy atom. The number of aromatic nitrogens is 1. The molecule has 2 amide bonds. The van der Waals surface area contributed by atoms with Crippen molar-refractivity contribution < 1.29 is 19.1 Å². The van der Waals surface area contributed by atoms with Gasteiger partial charge in [0.15, 0.2) is 0 Å². The van der Waals surface area contributed by atoms with Crippen molar-refractivity contribution in [2.75, 3.05) is 50.3 Å². The van der Waals surface area contributed by atoms with Crippen molar-refractivity contribution in [2.24, 2.45) is 0 Å². The maximum absolute atomic E-state index is 13.1. The zero-order valence-corrected chi connectivity index (χ0v) is 20.5. The van der Waals surface area contributed by atoms with Crippen molar-refractivity contribution in [3.05, 3.63) is 83.7 Å². The topological polar surface area (TPSA) is 104 Å². The minimum absolute atomic E-state index is 0.0224. The second-order valence-electron chi connectivity index (χ2n) is 8.55. The van der Waals surface area contributed by atoms with Crippen LogP contribution in [-0.2, 0) is 14.3 Å². The summed E-state index contributed by atoms with van der Waals surface area (Å²) in [7, 11) is 6.74. The molecule has 0 fully saturated rings. The molecule has 184 valence electrons. The summed E-state index contributed by atoms with van der Waals surface area (Å²) in [4.78, 5) is 45.0. The van der Waals surface area contributed by atoms with E-state index in [2.05, 4.69) is 15.6 Å². The summed E-state index contributed by atoms with van der Waals surface area (Å²) in [6, 6.07) is 16.0. The lowest BCUT2D eigenvalue weighted by Crippen LogP contribution is -2.34. The van der Waals surface area contributed by atoms with Crippen LogP contribution < -0.4 is 15.5 Å². The molecule has 1 aliphatic heterocycles. The lowest BCUT2D eigenvalue weighted by Gasteiger charge is -2.20. The zero-order chi connectivity index (χ0) is 25.8. The van der Waals surface area contributed by atoms with Crippen molar-refractivity contribution in [3.63, 3.8) is 0 Å². The third-order valence-corrected chi connectivity index (χ3v) is 5.75. The van der Waals surface area contributed by atoms with E-state index in [0.29, 0.717) is 34.6 Å². The normalized spacial score (nSPS) is 13.6. The van der Waals surface area contributed by atoms with E-state index in [1.54, 1.807) is 42.5 Å². The highest BCUT2D eigenvalue weighted by molar-refractivity contribution is 6.37. The molecule has 1 aromatic heterocycles. The van der Waals surface area contributed by atoms with Gasteiger partial charge in [-0.25, -0.2) is 4.79 Å². The van der Waals surface area contributed by atoms with Gasteiger partial charge in [0.1, 0.15) is 0 Å². The smallest absolute Gasteiger partial charge is 0.337 e. The number of nitrogens with zero attached hydrogens (tertiary/aromatic N) is 3. The first kappa shape index (κ1) is 24.6. The number of nitrogens with one attached hydrogen (secondary N) is 2. The molecule has 2 N–H and O–H groups in total. The number of hydrogen-bond acceptors (Lipinski definition) is 7. The molecule has 36 heavy (non-hydrogen) atoms. The van der Waals surface area contributed by atoms with Crippen LogP contribution in [0.2, 0.25) is 0 Å². The first-order chi connectivity index (χ1) is 17.3. The van der Waals surface area contributed by atoms with Crippen LogP contribution in [0.25, 0.3) is 11.3 Å². The zero-order valence-electron chi connectivity index (χ0n) is 20.5. The number of fused-ring (bicyclic) bond motifs is 1. The summed E-state index contributed by atoms with van der Waals surface area (Å²) >= 11 is 0. The molecule has 9 heteroatoms. The number of methoxy groups -OCH3 is 1. The molecule has 0 radical (unpaired) electrons. The lowest BCUT2D eigenvalue weighted by atomic mass is 9.99. The predicted octanol–water partition coefficient (Wildman–Crippen LogP) is 3.33. The van der Waals surface area contributed by atoms with E-state index >= 15 is 0 Å². The van der Waals surface area contributed by atoms with E-state index in [4.69, 9.17) is 4.74 Å². The van der Waals surface area contributed by atoms with Gasteiger partial charge in [-0.15, -0.1) is 0 Å². The SMILES string of the molecule is COC(=O)c1ccc2c(c1)NC(=O)/C2=C(\Nc1ccc(N(C)C(=O)CN(C)C)cc1)c1ccncc1. The van der Waals surface area contributed by atoms with Crippen molar-refractivity contribution in [1.82, 2.24) is 9.88 Å². The molecule has 0 aliphatic carbocycles. The molecule has 2 aromatic carbocycles. The molecular formula is C27H27N5O4. The van der Waals surface area contributed by atoms with Crippen LogP contribution in [0.15, 0.2) is 67.0 Å². The number of hydrogen-bond donors (Lipinski definition) is 2. The number of esters is 1. The van der Waals surface area contributed by atoms with E-state index in [1.807, 2.05) is 55.4 Å². The summed E-state index contributed by atoms with van der Waals surface area (Å²) in [5, 5.41) is 6.22. The molecular weight excluding hydrogens is 458 g/mol. The fraction of sp³-hybridized carbons (Fsp3) is 0.185. The summed E-state index contributed by atoms with van der Waals surface area (Å²) < 4.78 is 4.80. The van der Waals surface area contributed by atoms with E-state index < -0.39 is 5.97 Å². The Labute approximate surface area is 209 Å². The summed E-state index contributed by atoms with van der Waals surface area (Å²) in [5.41, 5.74) is 4.82. The van der Waals surface area contributed by atoms with Gasteiger partial charge in [-0.05, 0) is 62.6 Å². The number of likely N-dealkylation sites (N-methyl/N-ethyl adjacent to an activating group) is 2. The number of pyridine rings is 1. The first-order valence-electron chi connectivity index (χ1n) is 11.3. The molecule has 4 rings (SSSR count). The Bertz CT molecular complexity index is 1330. The van der Waals surface area contributed by atoms with E-state index in [9.17, 15) is 14.4 Å². The highest BCUT2D eigenvalue weighted by Gasteiger charge is 2.29. The number of rotatable bonds is 7. The van der Waals surface area contributed by atoms with E-state index in [1.165, 1.54) is 7.11 Å². The quantitative estimate of drug-likeness (QED) is 0.391. The maximum Gasteiger partial charge on any atom is 0.337 e. The third kappa shape index (κ3) is 5.11. The standard InChI is InChI=1S/C27H27N5O4/c1-31(2)16-23(33)32(3)20-8-6-19(7-9-20)29-25(17-11-13-28-14-12-17)24-21-10-5-18(27(35)36-4)15-22(21)30-26(24)34/h5-15,29H,16H2,1-4H3,(H,30,34)/b25-24-. The van der Waals surface area contributed by atoms with Gasteiger partial charge in [-0.1, -0.05) is 6.07 Å². The monoisotopic (exact) mass is 485 g/mol. The molecule has 1 aliphatic rings. The highest BCUT2D eigenvalue weighted by atomic mass is 16.5. The van der Waals surface area contributed by atoms with E-state index in [-0.39, 0.29) is 11.8 Å². The van der Waals surface area contributed by atoms with Crippen LogP contribution in [0.1, 0.15) is 21.5 Å². The summed E-state index contributed by atoms with van der Waals surface area (Å²) in [5.74, 6) is -0.797. The minimum atomic E-state index is -0.480. The Balaban J connectivity index is 1.71. The molecule has 0 atom stereocenters. The average Bonchev–Trinajstić information content (AvgIpc) is 3.21. The molecule has 0 saturated heterocycles. The molecule has 0 unspecified atom stereocenters. The van der Waals surface area contributed by atoms with Crippen LogP contribution >= 0.6 is 0 Å². The van der Waals surface area contributed by atoms with Crippen LogP contribution in [-0.4, -0.2) is 62.5 Å². The largest absolute Gasteiger partial charge is 0.465 e. The van der Waals surface area contributed by atoms with Crippen LogP contribution in [0, 0.1) is 0 Å². The second-order valence-corrected chi connectivity index (χ2v) is 8.55. The molecule has 0 bridgehead atoms. The first-order valence-corrected chi connectivity index (χ1v) is 11.3. The number of carbonyl (C=O) groups is 3. The number of amides is 2. The predicted molar refractivity (Wildman–Crippen MR) is 139 cm³/mol. The van der Waals surface area contributed by atoms with Gasteiger partial charge in [0, 0.05) is 41.9 Å². The lowest BCUT2D eigenvalue weighted by molar-refractivity contribution is -0.119. The molecule has 3 aromatic rings. The van der Waals surface area contributed by atoms with Gasteiger partial charge >= 0.3 is 5.97 Å². The molecule has 9 nitrogen and oxygen atoms in total. The summed E-state index contributed by atoms with van der Waals surface area (Å²) in [6.45, 7) is 0.307. The maximum atomic E-state index is 13.1. The van der Waals surface area contributed by atoms with Gasteiger partial charge in [0.2, 0.25) is 5.91 Å². The van der Waals surface area contributed by atoms with Crippen LogP contribution in [0.4, 0.5) is 17.1 Å². The number of anilines is 3. The highest BCUT2D eigenvalue weighted by Crippen LogP contribution is 2.38. The summed E-state index contributed by atoms with van der Waals surface area (Å²) in [6.07, 6.45) is 3.31. The van der Waals surface area contributed by atoms with Gasteiger partial charge < -0.3 is 25.2 Å². The second kappa shape index (κ2) is 10.4. The fourth-order valence-corrected chi connectivity index (χ4v) is 3.90. The Hall–Kier alpha value is -4.50. The molecule has 0 saturated carbocycles. The number of carbonyl (C=O) groups excluding carboxylic acids is 3. The van der Waals surface area contributed by atoms with Crippen LogP contribution in [0.3, 0.4) is 0 Å². The average molecular weight is 486 g/mol. The van der Waals surface area contributed by atoms with Crippen molar-refractivity contribution >= 4 is 46.1 Å². The van der Waals surface area contributed by atoms with E-state index in [0.717, 1.165) is 16.9 Å². The van der Waals surface area contributed by atoms with Gasteiger partial charge in [-0.2, -0.15) is 0 Å².